The predicted molar refractivity (Wildman–Crippen MR) is 122 cm³/mol. The highest BCUT2D eigenvalue weighted by atomic mass is 16.5. The van der Waals surface area contributed by atoms with Crippen LogP contribution in [-0.4, -0.2) is 43.0 Å². The van der Waals surface area contributed by atoms with Crippen LogP contribution in [0.15, 0.2) is 59.6 Å². The number of aliphatic imine (C=N–C) groups is 1. The number of piperidine rings is 1. The Bertz CT molecular complexity index is 813. The number of hydrogen-bond donors (Lipinski definition) is 2. The quantitative estimate of drug-likeness (QED) is 0.536. The molecule has 6 nitrogen and oxygen atoms in total. The van der Waals surface area contributed by atoms with E-state index in [1.54, 1.807) is 0 Å². The molecule has 1 amide bonds. The van der Waals surface area contributed by atoms with E-state index in [0.717, 1.165) is 55.3 Å². The number of ether oxygens (including phenoxy) is 1. The van der Waals surface area contributed by atoms with E-state index in [9.17, 15) is 4.79 Å². The van der Waals surface area contributed by atoms with Gasteiger partial charge in [-0.1, -0.05) is 37.3 Å². The van der Waals surface area contributed by atoms with Crippen LogP contribution in [0, 0.1) is 0 Å². The van der Waals surface area contributed by atoms with Gasteiger partial charge in [-0.2, -0.15) is 0 Å². The minimum atomic E-state index is 0.0587. The lowest BCUT2D eigenvalue weighted by Gasteiger charge is -2.34. The third kappa shape index (κ3) is 6.51. The first-order chi connectivity index (χ1) is 14.7. The molecule has 1 aliphatic rings. The molecule has 1 heterocycles. The van der Waals surface area contributed by atoms with Gasteiger partial charge in [0.05, 0.1) is 0 Å². The fraction of sp³-hybridized carbons (Fsp3) is 0.417. The Balaban J connectivity index is 1.44. The lowest BCUT2D eigenvalue weighted by atomic mass is 10.1. The molecule has 0 saturated carbocycles. The zero-order valence-electron chi connectivity index (χ0n) is 17.9. The summed E-state index contributed by atoms with van der Waals surface area (Å²) in [6, 6.07) is 18.0. The van der Waals surface area contributed by atoms with Crippen molar-refractivity contribution in [3.8, 4) is 5.75 Å². The number of guanidine groups is 1. The number of likely N-dealkylation sites (tertiary alicyclic amines) is 1. The molecule has 0 aromatic heterocycles. The van der Waals surface area contributed by atoms with Crippen molar-refractivity contribution in [1.29, 1.82) is 0 Å². The minimum Gasteiger partial charge on any atom is -0.490 e. The van der Waals surface area contributed by atoms with E-state index in [1.165, 1.54) is 0 Å². The molecule has 2 N–H and O–H groups in total. The van der Waals surface area contributed by atoms with Crippen LogP contribution in [0.4, 0.5) is 5.69 Å². The summed E-state index contributed by atoms with van der Waals surface area (Å²) >= 11 is 0. The van der Waals surface area contributed by atoms with Crippen LogP contribution in [0.3, 0.4) is 0 Å². The maximum absolute atomic E-state index is 11.7. The van der Waals surface area contributed by atoms with Gasteiger partial charge in [0.15, 0.2) is 5.96 Å². The number of nitrogens with zero attached hydrogens (tertiary/aromatic N) is 2. The molecule has 160 valence electrons. The molecule has 0 bridgehead atoms. The summed E-state index contributed by atoms with van der Waals surface area (Å²) in [5.41, 5.74) is 1.98. The largest absolute Gasteiger partial charge is 0.490 e. The van der Waals surface area contributed by atoms with E-state index < -0.39 is 0 Å². The maximum Gasteiger partial charge on any atom is 0.224 e. The summed E-state index contributed by atoms with van der Waals surface area (Å²) in [5.74, 6) is 1.91. The van der Waals surface area contributed by atoms with Gasteiger partial charge in [-0.05, 0) is 36.2 Å². The Morgan fingerprint density at radius 2 is 1.80 bits per heavy atom. The third-order valence-corrected chi connectivity index (χ3v) is 5.16. The van der Waals surface area contributed by atoms with Crippen molar-refractivity contribution in [3.05, 3.63) is 60.2 Å². The fourth-order valence-electron chi connectivity index (χ4n) is 3.55. The number of anilines is 1. The monoisotopic (exact) mass is 408 g/mol. The molecule has 0 unspecified atom stereocenters. The van der Waals surface area contributed by atoms with Crippen molar-refractivity contribution in [2.75, 3.05) is 25.5 Å². The normalized spacial score (nSPS) is 15.0. The molecule has 1 aliphatic heterocycles. The molecule has 0 radical (unpaired) electrons. The number of amides is 1. The van der Waals surface area contributed by atoms with Crippen LogP contribution in [0.25, 0.3) is 0 Å². The van der Waals surface area contributed by atoms with Crippen LogP contribution in [0.2, 0.25) is 0 Å². The van der Waals surface area contributed by atoms with Crippen molar-refractivity contribution in [2.24, 2.45) is 4.99 Å². The molecule has 0 spiro atoms. The number of rotatable bonds is 7. The van der Waals surface area contributed by atoms with Gasteiger partial charge in [-0.15, -0.1) is 0 Å². The van der Waals surface area contributed by atoms with E-state index in [0.29, 0.717) is 13.0 Å². The Labute approximate surface area is 179 Å². The Morgan fingerprint density at radius 1 is 1.10 bits per heavy atom. The van der Waals surface area contributed by atoms with Gasteiger partial charge in [0.2, 0.25) is 5.91 Å². The number of carbonyl (C=O) groups excluding carboxylic acids is 1. The average Bonchev–Trinajstić information content (AvgIpc) is 2.77. The summed E-state index contributed by atoms with van der Waals surface area (Å²) in [6.07, 6.45) is 3.59. The number of hydrogen-bond acceptors (Lipinski definition) is 3. The second-order valence-corrected chi connectivity index (χ2v) is 7.51. The van der Waals surface area contributed by atoms with Crippen molar-refractivity contribution < 1.29 is 9.53 Å². The SMILES string of the molecule is CCCC(=O)Nc1ccc(CNC(=NC)N2CCC(Oc3ccccc3)CC2)cc1. The fourth-order valence-corrected chi connectivity index (χ4v) is 3.55. The van der Waals surface area contributed by atoms with Gasteiger partial charge < -0.3 is 20.3 Å². The number of carbonyl (C=O) groups is 1. The van der Waals surface area contributed by atoms with E-state index in [2.05, 4.69) is 20.5 Å². The van der Waals surface area contributed by atoms with E-state index in [4.69, 9.17) is 4.74 Å². The second-order valence-electron chi connectivity index (χ2n) is 7.51. The van der Waals surface area contributed by atoms with E-state index in [-0.39, 0.29) is 12.0 Å². The molecule has 2 aromatic carbocycles. The summed E-state index contributed by atoms with van der Waals surface area (Å²) in [6.45, 7) is 4.52. The summed E-state index contributed by atoms with van der Waals surface area (Å²) < 4.78 is 6.08. The highest BCUT2D eigenvalue weighted by molar-refractivity contribution is 5.90. The van der Waals surface area contributed by atoms with Gasteiger partial charge in [0, 0.05) is 51.6 Å². The third-order valence-electron chi connectivity index (χ3n) is 5.16. The van der Waals surface area contributed by atoms with Crippen LogP contribution in [0.5, 0.6) is 5.75 Å². The van der Waals surface area contributed by atoms with Crippen molar-refractivity contribution in [1.82, 2.24) is 10.2 Å². The molecular weight excluding hydrogens is 376 g/mol. The summed E-state index contributed by atoms with van der Waals surface area (Å²) in [7, 11) is 1.82. The molecule has 0 aliphatic carbocycles. The smallest absolute Gasteiger partial charge is 0.224 e. The van der Waals surface area contributed by atoms with E-state index >= 15 is 0 Å². The molecule has 1 fully saturated rings. The summed E-state index contributed by atoms with van der Waals surface area (Å²) in [5, 5.41) is 6.36. The van der Waals surface area contributed by atoms with Crippen LogP contribution in [-0.2, 0) is 11.3 Å². The Hall–Kier alpha value is -3.02. The zero-order chi connectivity index (χ0) is 21.2. The van der Waals surface area contributed by atoms with Crippen molar-refractivity contribution in [2.45, 2.75) is 45.3 Å². The first-order valence-electron chi connectivity index (χ1n) is 10.7. The minimum absolute atomic E-state index is 0.0587. The van der Waals surface area contributed by atoms with Gasteiger partial charge in [0.25, 0.3) is 0 Å². The van der Waals surface area contributed by atoms with Crippen LogP contribution >= 0.6 is 0 Å². The molecule has 0 atom stereocenters. The first-order valence-corrected chi connectivity index (χ1v) is 10.7. The van der Waals surface area contributed by atoms with Gasteiger partial charge in [-0.25, -0.2) is 0 Å². The number of nitrogens with one attached hydrogen (secondary N) is 2. The van der Waals surface area contributed by atoms with Crippen LogP contribution in [0.1, 0.15) is 38.2 Å². The summed E-state index contributed by atoms with van der Waals surface area (Å²) in [4.78, 5) is 18.4. The Kier molecular flexibility index (Phi) is 8.12. The predicted octanol–water partition coefficient (Wildman–Crippen LogP) is 4.04. The number of benzene rings is 2. The molecular formula is C24H32N4O2. The molecule has 1 saturated heterocycles. The van der Waals surface area contributed by atoms with Gasteiger partial charge in [0.1, 0.15) is 11.9 Å². The lowest BCUT2D eigenvalue weighted by Crippen LogP contribution is -2.47. The Morgan fingerprint density at radius 3 is 2.43 bits per heavy atom. The molecule has 30 heavy (non-hydrogen) atoms. The average molecular weight is 409 g/mol. The van der Waals surface area contributed by atoms with Crippen molar-refractivity contribution >= 4 is 17.6 Å². The van der Waals surface area contributed by atoms with Gasteiger partial charge in [-0.3, -0.25) is 9.79 Å². The van der Waals surface area contributed by atoms with Gasteiger partial charge >= 0.3 is 0 Å². The zero-order valence-corrected chi connectivity index (χ0v) is 17.9. The number of para-hydroxylation sites is 1. The standard InChI is InChI=1S/C24H32N4O2/c1-3-7-23(29)27-20-12-10-19(11-13-20)18-26-24(25-2)28-16-14-22(15-17-28)30-21-8-5-4-6-9-21/h4-6,8-13,22H,3,7,14-18H2,1-2H3,(H,25,26)(H,27,29). The highest BCUT2D eigenvalue weighted by Gasteiger charge is 2.22. The maximum atomic E-state index is 11.7. The molecule has 6 heteroatoms. The van der Waals surface area contributed by atoms with Crippen LogP contribution < -0.4 is 15.4 Å². The topological polar surface area (TPSA) is 66.0 Å². The second kappa shape index (κ2) is 11.2. The first kappa shape index (κ1) is 21.7. The van der Waals surface area contributed by atoms with Crippen molar-refractivity contribution in [3.63, 3.8) is 0 Å². The molecule has 2 aromatic rings. The molecule has 3 rings (SSSR count). The lowest BCUT2D eigenvalue weighted by molar-refractivity contribution is -0.116. The highest BCUT2D eigenvalue weighted by Crippen LogP contribution is 2.19. The van der Waals surface area contributed by atoms with E-state index in [1.807, 2.05) is 68.6 Å².